The number of nitrogens with zero attached hydrogens (tertiary/aromatic N) is 3. The predicted octanol–water partition coefficient (Wildman–Crippen LogP) is 6.60. The van der Waals surface area contributed by atoms with Crippen molar-refractivity contribution in [1.82, 2.24) is 4.90 Å². The molecule has 0 radical (unpaired) electrons. The molecule has 0 saturated carbocycles. The average molecular weight is 540 g/mol. The lowest BCUT2D eigenvalue weighted by Gasteiger charge is -2.12. The maximum Gasteiger partial charge on any atom is 0.267 e. The Morgan fingerprint density at radius 1 is 0.872 bits per heavy atom. The van der Waals surface area contributed by atoms with Crippen LogP contribution in [0.25, 0.3) is 6.08 Å². The summed E-state index contributed by atoms with van der Waals surface area (Å²) < 4.78 is 22.1. The number of benzene rings is 3. The van der Waals surface area contributed by atoms with Crippen LogP contribution in [-0.4, -0.2) is 36.4 Å². The second-order valence-corrected chi connectivity index (χ2v) is 9.32. The van der Waals surface area contributed by atoms with Crippen LogP contribution in [0.4, 0.5) is 0 Å². The second-order valence-electron chi connectivity index (χ2n) is 8.31. The van der Waals surface area contributed by atoms with Gasteiger partial charge in [-0.2, -0.15) is 5.10 Å². The fourth-order valence-electron chi connectivity index (χ4n) is 3.80. The SMILES string of the molecule is COc1ccc(/C=C2\S/C(=N\N=C\c3cccc(Oc4ccccc4)c3)N(Cc3ccco3)C2=O)cc1OC. The van der Waals surface area contributed by atoms with Gasteiger partial charge in [-0.1, -0.05) is 36.4 Å². The summed E-state index contributed by atoms with van der Waals surface area (Å²) in [6.07, 6.45) is 4.99. The van der Waals surface area contributed by atoms with Gasteiger partial charge in [0.1, 0.15) is 17.3 Å². The van der Waals surface area contributed by atoms with E-state index in [9.17, 15) is 4.79 Å². The van der Waals surface area contributed by atoms with Crippen molar-refractivity contribution < 1.29 is 23.4 Å². The summed E-state index contributed by atoms with van der Waals surface area (Å²) in [7, 11) is 3.15. The number of furan rings is 1. The molecular weight excluding hydrogens is 514 g/mol. The van der Waals surface area contributed by atoms with Crippen LogP contribution < -0.4 is 14.2 Å². The molecule has 0 unspecified atom stereocenters. The predicted molar refractivity (Wildman–Crippen MR) is 152 cm³/mol. The summed E-state index contributed by atoms with van der Waals surface area (Å²) in [6.45, 7) is 0.233. The molecule has 1 fully saturated rings. The van der Waals surface area contributed by atoms with Crippen LogP contribution in [0.1, 0.15) is 16.9 Å². The van der Waals surface area contributed by atoms with E-state index >= 15 is 0 Å². The normalized spacial score (nSPS) is 15.4. The second kappa shape index (κ2) is 12.2. The molecule has 39 heavy (non-hydrogen) atoms. The number of carbonyl (C=O) groups is 1. The van der Waals surface area contributed by atoms with E-state index in [0.29, 0.717) is 33.1 Å². The summed E-state index contributed by atoms with van der Waals surface area (Å²) >= 11 is 1.24. The Labute approximate surface area is 230 Å². The first-order valence-corrected chi connectivity index (χ1v) is 12.8. The number of ether oxygens (including phenoxy) is 3. The highest BCUT2D eigenvalue weighted by atomic mass is 32.2. The van der Waals surface area contributed by atoms with Crippen LogP contribution in [0.5, 0.6) is 23.0 Å². The van der Waals surface area contributed by atoms with E-state index < -0.39 is 0 Å². The zero-order valence-corrected chi connectivity index (χ0v) is 22.1. The van der Waals surface area contributed by atoms with E-state index in [4.69, 9.17) is 18.6 Å². The van der Waals surface area contributed by atoms with Gasteiger partial charge in [-0.05, 0) is 77.5 Å². The fourth-order valence-corrected chi connectivity index (χ4v) is 4.74. The van der Waals surface area contributed by atoms with Gasteiger partial charge in [-0.15, -0.1) is 5.10 Å². The third kappa shape index (κ3) is 6.39. The smallest absolute Gasteiger partial charge is 0.267 e. The van der Waals surface area contributed by atoms with E-state index in [0.717, 1.165) is 16.9 Å². The van der Waals surface area contributed by atoms with Crippen molar-refractivity contribution in [1.29, 1.82) is 0 Å². The zero-order chi connectivity index (χ0) is 27.0. The first-order valence-electron chi connectivity index (χ1n) is 12.0. The Hall–Kier alpha value is -4.76. The minimum absolute atomic E-state index is 0.196. The molecule has 0 aliphatic carbocycles. The Kier molecular flexibility index (Phi) is 8.09. The number of amidine groups is 1. The van der Waals surface area contributed by atoms with Crippen molar-refractivity contribution >= 4 is 35.1 Å². The Balaban J connectivity index is 1.38. The van der Waals surface area contributed by atoms with E-state index in [1.54, 1.807) is 49.8 Å². The molecule has 5 rings (SSSR count). The van der Waals surface area contributed by atoms with Crippen LogP contribution in [0, 0.1) is 0 Å². The topological polar surface area (TPSA) is 85.9 Å². The molecule has 1 aromatic heterocycles. The van der Waals surface area contributed by atoms with Crippen LogP contribution in [0.3, 0.4) is 0 Å². The minimum atomic E-state index is -0.196. The van der Waals surface area contributed by atoms with E-state index in [1.165, 1.54) is 11.8 Å². The van der Waals surface area contributed by atoms with Crippen LogP contribution >= 0.6 is 11.8 Å². The molecule has 4 aromatic rings. The molecule has 2 heterocycles. The highest BCUT2D eigenvalue weighted by Crippen LogP contribution is 2.35. The lowest BCUT2D eigenvalue weighted by atomic mass is 10.2. The number of rotatable bonds is 9. The number of carbonyl (C=O) groups excluding carboxylic acids is 1. The molecule has 0 spiro atoms. The van der Waals surface area contributed by atoms with E-state index in [-0.39, 0.29) is 12.5 Å². The molecule has 0 atom stereocenters. The number of methoxy groups -OCH3 is 2. The van der Waals surface area contributed by atoms with Gasteiger partial charge in [0.15, 0.2) is 16.7 Å². The van der Waals surface area contributed by atoms with Crippen LogP contribution in [-0.2, 0) is 11.3 Å². The summed E-state index contributed by atoms with van der Waals surface area (Å²) in [5.41, 5.74) is 1.60. The maximum atomic E-state index is 13.4. The maximum absolute atomic E-state index is 13.4. The Morgan fingerprint density at radius 2 is 1.69 bits per heavy atom. The third-order valence-corrected chi connectivity index (χ3v) is 6.67. The van der Waals surface area contributed by atoms with Gasteiger partial charge in [0.05, 0.1) is 38.1 Å². The first kappa shape index (κ1) is 25.9. The van der Waals surface area contributed by atoms with Crippen molar-refractivity contribution in [3.05, 3.63) is 113 Å². The van der Waals surface area contributed by atoms with Crippen molar-refractivity contribution in [2.45, 2.75) is 6.54 Å². The third-order valence-electron chi connectivity index (χ3n) is 5.67. The van der Waals surface area contributed by atoms with Gasteiger partial charge in [0.2, 0.25) is 0 Å². The lowest BCUT2D eigenvalue weighted by Crippen LogP contribution is -2.28. The molecule has 1 aliphatic rings. The summed E-state index contributed by atoms with van der Waals surface area (Å²) in [6, 6.07) is 26.1. The van der Waals surface area contributed by atoms with E-state index in [2.05, 4.69) is 10.2 Å². The quantitative estimate of drug-likeness (QED) is 0.135. The van der Waals surface area contributed by atoms with Gasteiger partial charge in [-0.3, -0.25) is 9.69 Å². The number of hydrogen-bond acceptors (Lipinski definition) is 8. The molecule has 1 aliphatic heterocycles. The number of amides is 1. The fraction of sp³-hybridized carbons (Fsp3) is 0.100. The zero-order valence-electron chi connectivity index (χ0n) is 21.3. The molecule has 1 saturated heterocycles. The molecule has 0 bridgehead atoms. The molecule has 3 aromatic carbocycles. The molecule has 196 valence electrons. The van der Waals surface area contributed by atoms with Crippen molar-refractivity contribution in [2.24, 2.45) is 10.2 Å². The van der Waals surface area contributed by atoms with Gasteiger partial charge in [0, 0.05) is 0 Å². The number of thioether (sulfide) groups is 1. The highest BCUT2D eigenvalue weighted by Gasteiger charge is 2.34. The summed E-state index contributed by atoms with van der Waals surface area (Å²) in [5, 5.41) is 9.10. The Bertz CT molecular complexity index is 1530. The number of hydrogen-bond donors (Lipinski definition) is 0. The molecule has 9 heteroatoms. The Morgan fingerprint density at radius 3 is 2.46 bits per heavy atom. The van der Waals surface area contributed by atoms with Crippen LogP contribution in [0.2, 0.25) is 0 Å². The first-order chi connectivity index (χ1) is 19.1. The average Bonchev–Trinajstić information content (AvgIpc) is 3.58. The minimum Gasteiger partial charge on any atom is -0.493 e. The van der Waals surface area contributed by atoms with Crippen molar-refractivity contribution in [3.63, 3.8) is 0 Å². The molecule has 1 amide bonds. The van der Waals surface area contributed by atoms with Crippen molar-refractivity contribution in [2.75, 3.05) is 14.2 Å². The summed E-state index contributed by atoms with van der Waals surface area (Å²) in [4.78, 5) is 15.4. The van der Waals surface area contributed by atoms with Gasteiger partial charge < -0.3 is 18.6 Å². The van der Waals surface area contributed by atoms with Gasteiger partial charge in [-0.25, -0.2) is 0 Å². The molecule has 8 nitrogen and oxygen atoms in total. The highest BCUT2D eigenvalue weighted by molar-refractivity contribution is 8.18. The lowest BCUT2D eigenvalue weighted by molar-refractivity contribution is -0.122. The van der Waals surface area contributed by atoms with Gasteiger partial charge in [0.25, 0.3) is 5.91 Å². The standard InChI is InChI=1S/C30H25N3O5S/c1-35-26-14-13-21(17-27(26)36-2)18-28-29(34)33(20-25-12-7-15-37-25)30(39-28)32-31-19-22-8-6-11-24(16-22)38-23-9-4-3-5-10-23/h3-19H,20H2,1-2H3/b28-18-,31-19+,32-30-. The molecule has 0 N–H and O–H groups in total. The largest absolute Gasteiger partial charge is 0.493 e. The van der Waals surface area contributed by atoms with E-state index in [1.807, 2.05) is 72.8 Å². The number of para-hydroxylation sites is 1. The van der Waals surface area contributed by atoms with Crippen LogP contribution in [0.15, 0.2) is 111 Å². The molecular formula is C30H25N3O5S. The van der Waals surface area contributed by atoms with Gasteiger partial charge >= 0.3 is 0 Å². The van der Waals surface area contributed by atoms with Crippen molar-refractivity contribution in [3.8, 4) is 23.0 Å². The monoisotopic (exact) mass is 539 g/mol. The summed E-state index contributed by atoms with van der Waals surface area (Å²) in [5.74, 6) is 3.06.